The number of unbranched alkanes of at least 4 members (excludes halogenated alkanes) is 2. The van der Waals surface area contributed by atoms with Crippen molar-refractivity contribution in [3.63, 3.8) is 0 Å². The zero-order valence-electron chi connectivity index (χ0n) is 13.5. The van der Waals surface area contributed by atoms with Crippen LogP contribution in [0.4, 0.5) is 8.78 Å². The Balaban J connectivity index is 0.00000242. The minimum atomic E-state index is -0.692. The van der Waals surface area contributed by atoms with E-state index in [-0.39, 0.29) is 18.4 Å². The predicted octanol–water partition coefficient (Wildman–Crippen LogP) is 4.22. The second-order valence-corrected chi connectivity index (χ2v) is 5.90. The minimum absolute atomic E-state index is 0. The third-order valence-electron chi connectivity index (χ3n) is 4.34. The molecule has 1 aliphatic rings. The number of piperazine rings is 1. The number of aryl methyl sites for hydroxylation is 1. The first kappa shape index (κ1) is 19.3. The molecule has 0 aliphatic carbocycles. The van der Waals surface area contributed by atoms with Gasteiger partial charge < -0.3 is 5.32 Å². The molecule has 2 nitrogen and oxygen atoms in total. The standard InChI is InChI=1S/C17H26F2N2.ClH/c1-3-4-5-6-15(21-11-9-20-10-12-21)14-8-7-13(2)16(18)17(14)19;/h7-8,15,20H,3-6,9-12H2,1-2H3;1H/t15-;/m0./s1. The van der Waals surface area contributed by atoms with Crippen molar-refractivity contribution in [1.29, 1.82) is 0 Å². The molecular formula is C17H27ClF2N2. The minimum Gasteiger partial charge on any atom is -0.314 e. The quantitative estimate of drug-likeness (QED) is 0.785. The van der Waals surface area contributed by atoms with Gasteiger partial charge in [-0.05, 0) is 18.9 Å². The van der Waals surface area contributed by atoms with Gasteiger partial charge in [-0.25, -0.2) is 8.78 Å². The Morgan fingerprint density at radius 3 is 2.45 bits per heavy atom. The summed E-state index contributed by atoms with van der Waals surface area (Å²) in [5.41, 5.74) is 0.903. The summed E-state index contributed by atoms with van der Waals surface area (Å²) in [7, 11) is 0. The Labute approximate surface area is 138 Å². The van der Waals surface area contributed by atoms with E-state index in [1.54, 1.807) is 19.1 Å². The monoisotopic (exact) mass is 332 g/mol. The SMILES string of the molecule is CCCCC[C@@H](c1ccc(C)c(F)c1F)N1CCNCC1.Cl. The molecule has 1 saturated heterocycles. The third-order valence-corrected chi connectivity index (χ3v) is 4.34. The Morgan fingerprint density at radius 2 is 1.82 bits per heavy atom. The number of benzene rings is 1. The van der Waals surface area contributed by atoms with E-state index in [1.807, 2.05) is 0 Å². The van der Waals surface area contributed by atoms with Crippen LogP contribution in [0, 0.1) is 18.6 Å². The van der Waals surface area contributed by atoms with E-state index in [0.717, 1.165) is 51.9 Å². The van der Waals surface area contributed by atoms with Crippen LogP contribution in [0.15, 0.2) is 12.1 Å². The van der Waals surface area contributed by atoms with Gasteiger partial charge in [0.1, 0.15) is 0 Å². The molecule has 1 aromatic carbocycles. The zero-order chi connectivity index (χ0) is 15.2. The first-order chi connectivity index (χ1) is 10.1. The second kappa shape index (κ2) is 9.43. The fourth-order valence-corrected chi connectivity index (χ4v) is 3.03. The largest absolute Gasteiger partial charge is 0.314 e. The molecule has 1 atom stereocenters. The Bertz CT molecular complexity index is 462. The smallest absolute Gasteiger partial charge is 0.163 e. The number of nitrogens with zero attached hydrogens (tertiary/aromatic N) is 1. The van der Waals surface area contributed by atoms with Crippen molar-refractivity contribution in [3.8, 4) is 0 Å². The van der Waals surface area contributed by atoms with Crippen LogP contribution < -0.4 is 5.32 Å². The van der Waals surface area contributed by atoms with Gasteiger partial charge in [0.25, 0.3) is 0 Å². The van der Waals surface area contributed by atoms with E-state index in [4.69, 9.17) is 0 Å². The number of hydrogen-bond donors (Lipinski definition) is 1. The van der Waals surface area contributed by atoms with E-state index < -0.39 is 11.6 Å². The molecule has 0 spiro atoms. The summed E-state index contributed by atoms with van der Waals surface area (Å²) in [6.45, 7) is 7.39. The number of rotatable bonds is 6. The molecule has 1 aliphatic heterocycles. The fraction of sp³-hybridized carbons (Fsp3) is 0.647. The van der Waals surface area contributed by atoms with Crippen molar-refractivity contribution in [2.75, 3.05) is 26.2 Å². The number of halogens is 3. The second-order valence-electron chi connectivity index (χ2n) is 5.90. The topological polar surface area (TPSA) is 15.3 Å². The molecule has 2 rings (SSSR count). The third kappa shape index (κ3) is 4.64. The van der Waals surface area contributed by atoms with Crippen LogP contribution in [0.3, 0.4) is 0 Å². The van der Waals surface area contributed by atoms with Gasteiger partial charge >= 0.3 is 0 Å². The lowest BCUT2D eigenvalue weighted by atomic mass is 9.96. The summed E-state index contributed by atoms with van der Waals surface area (Å²) in [5.74, 6) is -1.35. The Hall–Kier alpha value is -0.710. The molecule has 5 heteroatoms. The molecule has 0 bridgehead atoms. The van der Waals surface area contributed by atoms with Crippen molar-refractivity contribution in [3.05, 3.63) is 34.9 Å². The van der Waals surface area contributed by atoms with Crippen molar-refractivity contribution in [2.24, 2.45) is 0 Å². The van der Waals surface area contributed by atoms with Crippen molar-refractivity contribution >= 4 is 12.4 Å². The maximum absolute atomic E-state index is 14.4. The van der Waals surface area contributed by atoms with Gasteiger partial charge in [-0.1, -0.05) is 38.3 Å². The molecule has 1 N–H and O–H groups in total. The van der Waals surface area contributed by atoms with Crippen LogP contribution in [0.1, 0.15) is 49.8 Å². The van der Waals surface area contributed by atoms with E-state index in [2.05, 4.69) is 17.1 Å². The normalized spacial score (nSPS) is 17.1. The molecular weight excluding hydrogens is 306 g/mol. The van der Waals surface area contributed by atoms with Gasteiger partial charge in [0, 0.05) is 37.8 Å². The molecule has 0 amide bonds. The summed E-state index contributed by atoms with van der Waals surface area (Å²) in [6.07, 6.45) is 4.23. The van der Waals surface area contributed by atoms with E-state index in [0.29, 0.717) is 11.1 Å². The highest BCUT2D eigenvalue weighted by atomic mass is 35.5. The summed E-state index contributed by atoms with van der Waals surface area (Å²) in [4.78, 5) is 2.29. The first-order valence-corrected chi connectivity index (χ1v) is 8.04. The highest BCUT2D eigenvalue weighted by molar-refractivity contribution is 5.85. The summed E-state index contributed by atoms with van der Waals surface area (Å²) in [6, 6.07) is 3.46. The van der Waals surface area contributed by atoms with Gasteiger partial charge in [0.05, 0.1) is 0 Å². The van der Waals surface area contributed by atoms with Gasteiger partial charge in [-0.3, -0.25) is 4.90 Å². The average molecular weight is 333 g/mol. The van der Waals surface area contributed by atoms with Crippen molar-refractivity contribution in [2.45, 2.75) is 45.6 Å². The number of nitrogens with one attached hydrogen (secondary N) is 1. The Morgan fingerprint density at radius 1 is 1.14 bits per heavy atom. The molecule has 0 saturated carbocycles. The maximum Gasteiger partial charge on any atom is 0.163 e. The zero-order valence-corrected chi connectivity index (χ0v) is 14.3. The molecule has 1 fully saturated rings. The number of hydrogen-bond acceptors (Lipinski definition) is 2. The molecule has 0 radical (unpaired) electrons. The lowest BCUT2D eigenvalue weighted by Gasteiger charge is -2.35. The van der Waals surface area contributed by atoms with Crippen LogP contribution in [-0.2, 0) is 0 Å². The van der Waals surface area contributed by atoms with E-state index in [1.165, 1.54) is 0 Å². The van der Waals surface area contributed by atoms with Gasteiger partial charge in [-0.2, -0.15) is 0 Å². The van der Waals surface area contributed by atoms with E-state index in [9.17, 15) is 8.78 Å². The summed E-state index contributed by atoms with van der Waals surface area (Å²) < 4.78 is 28.3. The predicted molar refractivity (Wildman–Crippen MR) is 89.7 cm³/mol. The van der Waals surface area contributed by atoms with Crippen LogP contribution in [0.5, 0.6) is 0 Å². The molecule has 1 aromatic rings. The van der Waals surface area contributed by atoms with Crippen LogP contribution in [0.2, 0.25) is 0 Å². The van der Waals surface area contributed by atoms with Crippen molar-refractivity contribution in [1.82, 2.24) is 10.2 Å². The molecule has 0 unspecified atom stereocenters. The van der Waals surface area contributed by atoms with Crippen molar-refractivity contribution < 1.29 is 8.78 Å². The van der Waals surface area contributed by atoms with Crippen LogP contribution in [-0.4, -0.2) is 31.1 Å². The average Bonchev–Trinajstić information content (AvgIpc) is 2.51. The molecule has 22 heavy (non-hydrogen) atoms. The fourth-order valence-electron chi connectivity index (χ4n) is 3.03. The molecule has 0 aromatic heterocycles. The maximum atomic E-state index is 14.4. The van der Waals surface area contributed by atoms with Crippen LogP contribution in [0.25, 0.3) is 0 Å². The highest BCUT2D eigenvalue weighted by Crippen LogP contribution is 2.30. The van der Waals surface area contributed by atoms with E-state index >= 15 is 0 Å². The molecule has 1 heterocycles. The van der Waals surface area contributed by atoms with Gasteiger partial charge in [0.2, 0.25) is 0 Å². The van der Waals surface area contributed by atoms with Crippen LogP contribution >= 0.6 is 12.4 Å². The lowest BCUT2D eigenvalue weighted by Crippen LogP contribution is -2.45. The Kier molecular flexibility index (Phi) is 8.29. The lowest BCUT2D eigenvalue weighted by molar-refractivity contribution is 0.159. The summed E-state index contributed by atoms with van der Waals surface area (Å²) >= 11 is 0. The van der Waals surface area contributed by atoms with Gasteiger partial charge in [-0.15, -0.1) is 12.4 Å². The molecule has 126 valence electrons. The first-order valence-electron chi connectivity index (χ1n) is 8.04. The highest BCUT2D eigenvalue weighted by Gasteiger charge is 2.26. The summed E-state index contributed by atoms with van der Waals surface area (Å²) in [5, 5.41) is 3.31. The van der Waals surface area contributed by atoms with Gasteiger partial charge in [0.15, 0.2) is 11.6 Å².